The van der Waals surface area contributed by atoms with Crippen molar-refractivity contribution in [2.24, 2.45) is 5.41 Å². The zero-order valence-electron chi connectivity index (χ0n) is 13.5. The fraction of sp³-hybridized carbons (Fsp3) is 0.562. The van der Waals surface area contributed by atoms with Gasteiger partial charge in [0.1, 0.15) is 0 Å². The zero-order chi connectivity index (χ0) is 15.5. The van der Waals surface area contributed by atoms with E-state index in [1.807, 2.05) is 25.6 Å². The molecule has 2 aromatic rings. The molecule has 114 valence electrons. The van der Waals surface area contributed by atoms with Gasteiger partial charge in [0.2, 0.25) is 0 Å². The van der Waals surface area contributed by atoms with Crippen LogP contribution in [-0.2, 0) is 6.54 Å². The SMILES string of the molecule is Cc1nccnc1C(C)NC(Cn1ccnc1)C(C)(C)C. The summed E-state index contributed by atoms with van der Waals surface area (Å²) in [6.45, 7) is 11.8. The Bertz CT molecular complexity index is 556. The molecule has 0 saturated heterocycles. The number of aromatic nitrogens is 4. The smallest absolute Gasteiger partial charge is 0.0946 e. The van der Waals surface area contributed by atoms with Crippen LogP contribution in [0.4, 0.5) is 0 Å². The minimum Gasteiger partial charge on any atom is -0.336 e. The highest BCUT2D eigenvalue weighted by Gasteiger charge is 2.27. The van der Waals surface area contributed by atoms with E-state index >= 15 is 0 Å². The van der Waals surface area contributed by atoms with Crippen molar-refractivity contribution in [1.29, 1.82) is 0 Å². The van der Waals surface area contributed by atoms with Gasteiger partial charge in [0.15, 0.2) is 0 Å². The second kappa shape index (κ2) is 6.35. The molecule has 0 radical (unpaired) electrons. The quantitative estimate of drug-likeness (QED) is 0.918. The van der Waals surface area contributed by atoms with Crippen molar-refractivity contribution < 1.29 is 0 Å². The van der Waals surface area contributed by atoms with Gasteiger partial charge >= 0.3 is 0 Å². The predicted octanol–water partition coefficient (Wildman–Crippen LogP) is 2.75. The van der Waals surface area contributed by atoms with Crippen molar-refractivity contribution >= 4 is 0 Å². The molecule has 0 aliphatic carbocycles. The third-order valence-electron chi connectivity index (χ3n) is 3.78. The molecule has 0 amide bonds. The van der Waals surface area contributed by atoms with E-state index in [2.05, 4.69) is 52.5 Å². The largest absolute Gasteiger partial charge is 0.336 e. The van der Waals surface area contributed by atoms with Crippen LogP contribution in [0.15, 0.2) is 31.1 Å². The van der Waals surface area contributed by atoms with Crippen LogP contribution < -0.4 is 5.32 Å². The summed E-state index contributed by atoms with van der Waals surface area (Å²) in [6, 6.07) is 0.467. The minimum absolute atomic E-state index is 0.134. The molecule has 2 rings (SSSR count). The average Bonchev–Trinajstić information content (AvgIpc) is 2.90. The molecule has 0 bridgehead atoms. The molecule has 0 aromatic carbocycles. The molecule has 0 saturated carbocycles. The number of hydrogen-bond acceptors (Lipinski definition) is 4. The molecule has 2 atom stereocenters. The van der Waals surface area contributed by atoms with Crippen molar-refractivity contribution in [3.05, 3.63) is 42.5 Å². The Morgan fingerprint density at radius 3 is 2.48 bits per heavy atom. The van der Waals surface area contributed by atoms with Crippen LogP contribution in [0, 0.1) is 12.3 Å². The van der Waals surface area contributed by atoms with Crippen LogP contribution in [-0.4, -0.2) is 25.6 Å². The van der Waals surface area contributed by atoms with Gasteiger partial charge in [-0.3, -0.25) is 9.97 Å². The number of nitrogens with one attached hydrogen (secondary N) is 1. The fourth-order valence-electron chi connectivity index (χ4n) is 2.41. The first-order valence-corrected chi connectivity index (χ1v) is 7.37. The number of hydrogen-bond donors (Lipinski definition) is 1. The van der Waals surface area contributed by atoms with Crippen molar-refractivity contribution in [2.45, 2.75) is 53.2 Å². The second-order valence-corrected chi connectivity index (χ2v) is 6.59. The topological polar surface area (TPSA) is 55.6 Å². The fourth-order valence-corrected chi connectivity index (χ4v) is 2.41. The standard InChI is InChI=1S/C16H25N5/c1-12-15(19-7-6-18-12)13(2)20-14(16(3,4)5)10-21-9-8-17-11-21/h6-9,11,13-14,20H,10H2,1-5H3. The summed E-state index contributed by atoms with van der Waals surface area (Å²) in [5, 5.41) is 3.70. The lowest BCUT2D eigenvalue weighted by Gasteiger charge is -2.34. The zero-order valence-corrected chi connectivity index (χ0v) is 13.5. The predicted molar refractivity (Wildman–Crippen MR) is 83.8 cm³/mol. The maximum absolute atomic E-state index is 4.47. The Morgan fingerprint density at radius 2 is 1.90 bits per heavy atom. The van der Waals surface area contributed by atoms with Gasteiger partial charge in [0.25, 0.3) is 0 Å². The highest BCUT2D eigenvalue weighted by Crippen LogP contribution is 2.24. The Hall–Kier alpha value is -1.75. The summed E-state index contributed by atoms with van der Waals surface area (Å²) < 4.78 is 2.11. The molecular weight excluding hydrogens is 262 g/mol. The summed E-state index contributed by atoms with van der Waals surface area (Å²) in [5.41, 5.74) is 2.12. The van der Waals surface area contributed by atoms with Crippen molar-refractivity contribution in [2.75, 3.05) is 0 Å². The lowest BCUT2D eigenvalue weighted by atomic mass is 9.86. The summed E-state index contributed by atoms with van der Waals surface area (Å²) >= 11 is 0. The maximum Gasteiger partial charge on any atom is 0.0946 e. The Balaban J connectivity index is 2.13. The summed E-state index contributed by atoms with van der Waals surface area (Å²) in [6.07, 6.45) is 9.16. The maximum atomic E-state index is 4.47. The molecule has 2 unspecified atom stereocenters. The van der Waals surface area contributed by atoms with E-state index in [0.717, 1.165) is 17.9 Å². The molecular formula is C16H25N5. The molecule has 1 N–H and O–H groups in total. The van der Waals surface area contributed by atoms with Gasteiger partial charge in [-0.05, 0) is 19.3 Å². The number of rotatable bonds is 5. The normalized spacial score (nSPS) is 14.9. The van der Waals surface area contributed by atoms with E-state index in [1.54, 1.807) is 12.4 Å². The van der Waals surface area contributed by atoms with Gasteiger partial charge in [0, 0.05) is 43.4 Å². The van der Waals surface area contributed by atoms with Crippen LogP contribution in [0.5, 0.6) is 0 Å². The Kier molecular flexibility index (Phi) is 4.73. The van der Waals surface area contributed by atoms with E-state index in [-0.39, 0.29) is 11.5 Å². The monoisotopic (exact) mass is 287 g/mol. The van der Waals surface area contributed by atoms with Gasteiger partial charge in [-0.15, -0.1) is 0 Å². The lowest BCUT2D eigenvalue weighted by Crippen LogP contribution is -2.44. The first kappa shape index (κ1) is 15.6. The van der Waals surface area contributed by atoms with Gasteiger partial charge in [-0.25, -0.2) is 4.98 Å². The molecule has 0 aliphatic heterocycles. The third-order valence-corrected chi connectivity index (χ3v) is 3.78. The van der Waals surface area contributed by atoms with E-state index < -0.39 is 0 Å². The molecule has 2 heterocycles. The Morgan fingerprint density at radius 1 is 1.19 bits per heavy atom. The summed E-state index contributed by atoms with van der Waals surface area (Å²) in [4.78, 5) is 12.9. The summed E-state index contributed by atoms with van der Waals surface area (Å²) in [5.74, 6) is 0. The minimum atomic E-state index is 0.134. The van der Waals surface area contributed by atoms with Gasteiger partial charge < -0.3 is 9.88 Å². The van der Waals surface area contributed by atoms with E-state index in [0.29, 0.717) is 6.04 Å². The lowest BCUT2D eigenvalue weighted by molar-refractivity contribution is 0.224. The molecule has 0 spiro atoms. The third kappa shape index (κ3) is 4.11. The molecule has 0 aliphatic rings. The van der Waals surface area contributed by atoms with Gasteiger partial charge in [-0.2, -0.15) is 0 Å². The van der Waals surface area contributed by atoms with Crippen LogP contribution in [0.1, 0.15) is 45.1 Å². The summed E-state index contributed by atoms with van der Waals surface area (Å²) in [7, 11) is 0. The van der Waals surface area contributed by atoms with E-state index in [9.17, 15) is 0 Å². The van der Waals surface area contributed by atoms with Crippen LogP contribution in [0.2, 0.25) is 0 Å². The van der Waals surface area contributed by atoms with E-state index in [1.165, 1.54) is 0 Å². The van der Waals surface area contributed by atoms with Crippen molar-refractivity contribution in [1.82, 2.24) is 24.8 Å². The number of aryl methyl sites for hydroxylation is 1. The average molecular weight is 287 g/mol. The van der Waals surface area contributed by atoms with Crippen LogP contribution in [0.3, 0.4) is 0 Å². The molecule has 2 aromatic heterocycles. The molecule has 0 fully saturated rings. The first-order valence-electron chi connectivity index (χ1n) is 7.37. The van der Waals surface area contributed by atoms with Crippen molar-refractivity contribution in [3.63, 3.8) is 0 Å². The molecule has 21 heavy (non-hydrogen) atoms. The van der Waals surface area contributed by atoms with Gasteiger partial charge in [-0.1, -0.05) is 20.8 Å². The molecule has 5 nitrogen and oxygen atoms in total. The van der Waals surface area contributed by atoms with E-state index in [4.69, 9.17) is 0 Å². The Labute approximate surface area is 126 Å². The van der Waals surface area contributed by atoms with Gasteiger partial charge in [0.05, 0.1) is 17.7 Å². The number of nitrogens with zero attached hydrogens (tertiary/aromatic N) is 4. The highest BCUT2D eigenvalue weighted by molar-refractivity contribution is 5.12. The molecule has 5 heteroatoms. The highest BCUT2D eigenvalue weighted by atomic mass is 15.1. The second-order valence-electron chi connectivity index (χ2n) is 6.59. The van der Waals surface area contributed by atoms with Crippen LogP contribution in [0.25, 0.3) is 0 Å². The van der Waals surface area contributed by atoms with Crippen LogP contribution >= 0.6 is 0 Å². The number of imidazole rings is 1. The first-order chi connectivity index (χ1) is 9.88. The van der Waals surface area contributed by atoms with Crippen molar-refractivity contribution in [3.8, 4) is 0 Å².